The molecule has 0 radical (unpaired) electrons. The maximum Gasteiger partial charge on any atom is 0.306 e. The van der Waals surface area contributed by atoms with Crippen LogP contribution in [0, 0.1) is 11.8 Å². The first kappa shape index (κ1) is 32.2. The highest BCUT2D eigenvalue weighted by molar-refractivity contribution is 5.84. The lowest BCUT2D eigenvalue weighted by molar-refractivity contribution is -0.144. The molecule has 0 aliphatic carbocycles. The monoisotopic (exact) mass is 553 g/mol. The molecule has 0 aliphatic heterocycles. The van der Waals surface area contributed by atoms with Gasteiger partial charge in [-0.3, -0.25) is 24.0 Å². The zero-order valence-electron chi connectivity index (χ0n) is 22.9. The van der Waals surface area contributed by atoms with Gasteiger partial charge < -0.3 is 20.6 Å². The SMILES string of the molecule is C[C@@H](CCCCNC(=O)CC[C@H](CC(=O)CCc1ccc(-c2ccc(CCC(=O)O)cc2)cc1)C(=O)O)C(=O)O. The van der Waals surface area contributed by atoms with E-state index in [4.69, 9.17) is 10.2 Å². The van der Waals surface area contributed by atoms with Gasteiger partial charge in [-0.05, 0) is 54.4 Å². The van der Waals surface area contributed by atoms with Crippen LogP contribution in [0.3, 0.4) is 0 Å². The molecule has 9 heteroatoms. The number of carbonyl (C=O) groups is 5. The molecule has 0 bridgehead atoms. The van der Waals surface area contributed by atoms with E-state index in [1.807, 2.05) is 48.5 Å². The standard InChI is InChI=1S/C31H39NO8/c1-21(30(37)38)4-2-3-19-32-28(34)17-15-26(31(39)40)20-27(33)16-9-22-5-11-24(12-6-22)25-13-7-23(8-14-25)10-18-29(35)36/h5-8,11-14,21,26H,2-4,9-10,15-20H2,1H3,(H,32,34)(H,35,36)(H,37,38)(H,39,40)/t21-,26+/m0/s1. The van der Waals surface area contributed by atoms with Crippen LogP contribution in [0.2, 0.25) is 0 Å². The third-order valence-electron chi connectivity index (χ3n) is 6.91. The van der Waals surface area contributed by atoms with Crippen molar-refractivity contribution in [3.05, 3.63) is 59.7 Å². The minimum Gasteiger partial charge on any atom is -0.481 e. The van der Waals surface area contributed by atoms with Gasteiger partial charge in [0.1, 0.15) is 5.78 Å². The second kappa shape index (κ2) is 16.8. The van der Waals surface area contributed by atoms with Gasteiger partial charge in [-0.15, -0.1) is 0 Å². The van der Waals surface area contributed by atoms with Crippen LogP contribution in [0.5, 0.6) is 0 Å². The van der Waals surface area contributed by atoms with E-state index < -0.39 is 29.7 Å². The Bertz CT molecular complexity index is 1140. The summed E-state index contributed by atoms with van der Waals surface area (Å²) in [5.74, 6) is -4.55. The highest BCUT2D eigenvalue weighted by atomic mass is 16.4. The molecule has 0 fully saturated rings. The third-order valence-corrected chi connectivity index (χ3v) is 6.91. The number of amides is 1. The average molecular weight is 554 g/mol. The summed E-state index contributed by atoms with van der Waals surface area (Å²) in [4.78, 5) is 57.7. The molecular formula is C31H39NO8. The number of ketones is 1. The Morgan fingerprint density at radius 2 is 1.25 bits per heavy atom. The van der Waals surface area contributed by atoms with Gasteiger partial charge in [0.2, 0.25) is 5.91 Å². The van der Waals surface area contributed by atoms with E-state index >= 15 is 0 Å². The zero-order valence-corrected chi connectivity index (χ0v) is 22.9. The average Bonchev–Trinajstić information content (AvgIpc) is 2.93. The molecule has 0 spiro atoms. The summed E-state index contributed by atoms with van der Waals surface area (Å²) in [5, 5.41) is 29.9. The summed E-state index contributed by atoms with van der Waals surface area (Å²) in [6.45, 7) is 2.04. The van der Waals surface area contributed by atoms with E-state index in [2.05, 4.69) is 5.32 Å². The van der Waals surface area contributed by atoms with Crippen molar-refractivity contribution in [1.82, 2.24) is 5.32 Å². The van der Waals surface area contributed by atoms with Gasteiger partial charge in [0, 0.05) is 32.2 Å². The molecular weight excluding hydrogens is 514 g/mol. The van der Waals surface area contributed by atoms with Gasteiger partial charge in [0.05, 0.1) is 11.8 Å². The summed E-state index contributed by atoms with van der Waals surface area (Å²) in [5.41, 5.74) is 3.92. The number of benzene rings is 2. The molecule has 2 aromatic carbocycles. The number of carbonyl (C=O) groups excluding carboxylic acids is 2. The van der Waals surface area contributed by atoms with Gasteiger partial charge in [0.25, 0.3) is 0 Å². The number of rotatable bonds is 19. The third kappa shape index (κ3) is 12.2. The molecule has 9 nitrogen and oxygen atoms in total. The van der Waals surface area contributed by atoms with Crippen LogP contribution in [0.4, 0.5) is 0 Å². The van der Waals surface area contributed by atoms with E-state index in [-0.39, 0.29) is 43.8 Å². The molecule has 2 aromatic rings. The fourth-order valence-electron chi connectivity index (χ4n) is 4.27. The minimum absolute atomic E-state index is 0.0117. The quantitative estimate of drug-likeness (QED) is 0.181. The Kier molecular flexibility index (Phi) is 13.6. The van der Waals surface area contributed by atoms with Crippen LogP contribution in [-0.4, -0.2) is 51.5 Å². The number of aliphatic carboxylic acids is 3. The van der Waals surface area contributed by atoms with Gasteiger partial charge in [-0.1, -0.05) is 61.9 Å². The number of unbranched alkanes of at least 4 members (excludes halogenated alkanes) is 1. The van der Waals surface area contributed by atoms with Crippen molar-refractivity contribution >= 4 is 29.6 Å². The highest BCUT2D eigenvalue weighted by Gasteiger charge is 2.22. The number of hydrogen-bond acceptors (Lipinski definition) is 5. The van der Waals surface area contributed by atoms with Crippen LogP contribution < -0.4 is 5.32 Å². The number of Topliss-reactive ketones (excluding diaryl/α,β-unsaturated/α-hetero) is 1. The summed E-state index contributed by atoms with van der Waals surface area (Å²) >= 11 is 0. The number of aryl methyl sites for hydroxylation is 2. The van der Waals surface area contributed by atoms with Crippen molar-refractivity contribution < 1.29 is 39.3 Å². The second-order valence-corrected chi connectivity index (χ2v) is 10.2. The Balaban J connectivity index is 1.73. The summed E-state index contributed by atoms with van der Waals surface area (Å²) in [7, 11) is 0. The van der Waals surface area contributed by atoms with E-state index in [0.29, 0.717) is 38.6 Å². The first-order valence-corrected chi connectivity index (χ1v) is 13.7. The predicted molar refractivity (Wildman–Crippen MR) is 150 cm³/mol. The van der Waals surface area contributed by atoms with Crippen molar-refractivity contribution in [3.8, 4) is 11.1 Å². The molecule has 40 heavy (non-hydrogen) atoms. The van der Waals surface area contributed by atoms with E-state index in [1.165, 1.54) is 0 Å². The Hall–Kier alpha value is -4.01. The minimum atomic E-state index is -1.10. The molecule has 0 saturated heterocycles. The highest BCUT2D eigenvalue weighted by Crippen LogP contribution is 2.22. The van der Waals surface area contributed by atoms with Crippen molar-refractivity contribution in [3.63, 3.8) is 0 Å². The molecule has 2 rings (SSSR count). The van der Waals surface area contributed by atoms with Crippen LogP contribution in [0.1, 0.15) is 69.4 Å². The summed E-state index contributed by atoms with van der Waals surface area (Å²) in [6.07, 6.45) is 3.08. The lowest BCUT2D eigenvalue weighted by Crippen LogP contribution is -2.26. The molecule has 4 N–H and O–H groups in total. The van der Waals surface area contributed by atoms with Crippen LogP contribution >= 0.6 is 0 Å². The van der Waals surface area contributed by atoms with E-state index in [0.717, 1.165) is 22.3 Å². The Morgan fingerprint density at radius 3 is 1.75 bits per heavy atom. The lowest BCUT2D eigenvalue weighted by atomic mass is 9.94. The molecule has 0 unspecified atom stereocenters. The normalized spacial score (nSPS) is 12.3. The maximum atomic E-state index is 12.5. The predicted octanol–water partition coefficient (Wildman–Crippen LogP) is 4.75. The number of carboxylic acid groups (broad SMARTS) is 3. The van der Waals surface area contributed by atoms with Gasteiger partial charge in [-0.2, -0.15) is 0 Å². The molecule has 0 heterocycles. The number of nitrogens with one attached hydrogen (secondary N) is 1. The van der Waals surface area contributed by atoms with Crippen molar-refractivity contribution in [2.24, 2.45) is 11.8 Å². The number of hydrogen-bond donors (Lipinski definition) is 4. The van der Waals surface area contributed by atoms with Gasteiger partial charge in [0.15, 0.2) is 0 Å². The summed E-state index contributed by atoms with van der Waals surface area (Å²) in [6, 6.07) is 15.5. The molecule has 1 amide bonds. The van der Waals surface area contributed by atoms with Crippen molar-refractivity contribution in [2.75, 3.05) is 6.54 Å². The maximum absolute atomic E-state index is 12.5. The fourth-order valence-corrected chi connectivity index (χ4v) is 4.27. The fraction of sp³-hybridized carbons (Fsp3) is 0.452. The molecule has 0 aliphatic rings. The second-order valence-electron chi connectivity index (χ2n) is 10.2. The van der Waals surface area contributed by atoms with Crippen molar-refractivity contribution in [1.29, 1.82) is 0 Å². The molecule has 0 saturated carbocycles. The zero-order chi connectivity index (χ0) is 29.5. The van der Waals surface area contributed by atoms with E-state index in [9.17, 15) is 29.1 Å². The largest absolute Gasteiger partial charge is 0.481 e. The van der Waals surface area contributed by atoms with Gasteiger partial charge >= 0.3 is 17.9 Å². The summed E-state index contributed by atoms with van der Waals surface area (Å²) < 4.78 is 0. The van der Waals surface area contributed by atoms with E-state index in [1.54, 1.807) is 6.92 Å². The smallest absolute Gasteiger partial charge is 0.306 e. The van der Waals surface area contributed by atoms with Crippen LogP contribution in [0.15, 0.2) is 48.5 Å². The van der Waals surface area contributed by atoms with Crippen LogP contribution in [-0.2, 0) is 36.8 Å². The number of carboxylic acids is 3. The molecule has 216 valence electrons. The van der Waals surface area contributed by atoms with Crippen LogP contribution in [0.25, 0.3) is 11.1 Å². The molecule has 2 atom stereocenters. The first-order chi connectivity index (χ1) is 19.0. The topological polar surface area (TPSA) is 158 Å². The van der Waals surface area contributed by atoms with Crippen molar-refractivity contribution in [2.45, 2.75) is 71.1 Å². The Morgan fingerprint density at radius 1 is 0.700 bits per heavy atom. The Labute approximate surface area is 234 Å². The van der Waals surface area contributed by atoms with Gasteiger partial charge in [-0.25, -0.2) is 0 Å². The first-order valence-electron chi connectivity index (χ1n) is 13.7. The lowest BCUT2D eigenvalue weighted by Gasteiger charge is -2.12. The molecule has 0 aromatic heterocycles.